The van der Waals surface area contributed by atoms with E-state index in [1.807, 2.05) is 19.9 Å². The normalized spacial score (nSPS) is 11.6. The van der Waals surface area contributed by atoms with Crippen molar-refractivity contribution in [2.24, 2.45) is 0 Å². The van der Waals surface area contributed by atoms with Gasteiger partial charge in [0, 0.05) is 12.6 Å². The van der Waals surface area contributed by atoms with E-state index in [0.29, 0.717) is 22.8 Å². The van der Waals surface area contributed by atoms with Gasteiger partial charge in [-0.05, 0) is 67.8 Å². The zero-order valence-electron chi connectivity index (χ0n) is 17.2. The third-order valence-electron chi connectivity index (χ3n) is 4.28. The van der Waals surface area contributed by atoms with E-state index in [9.17, 15) is 13.2 Å². The van der Waals surface area contributed by atoms with E-state index in [4.69, 9.17) is 4.52 Å². The highest BCUT2D eigenvalue weighted by Crippen LogP contribution is 2.23. The van der Waals surface area contributed by atoms with Crippen LogP contribution in [0.25, 0.3) is 12.2 Å². The van der Waals surface area contributed by atoms with Crippen LogP contribution in [-0.4, -0.2) is 19.5 Å². The number of carbonyl (C=O) groups is 1. The Morgan fingerprint density at radius 1 is 1.00 bits per heavy atom. The maximum absolute atomic E-state index is 12.7. The van der Waals surface area contributed by atoms with Crippen molar-refractivity contribution in [2.45, 2.75) is 32.6 Å². The van der Waals surface area contributed by atoms with Crippen molar-refractivity contribution in [1.29, 1.82) is 0 Å². The third-order valence-corrected chi connectivity index (χ3v) is 5.68. The maximum atomic E-state index is 12.7. The second-order valence-corrected chi connectivity index (χ2v) is 8.76. The Balaban J connectivity index is 1.78. The predicted molar refractivity (Wildman–Crippen MR) is 118 cm³/mol. The van der Waals surface area contributed by atoms with E-state index in [1.165, 1.54) is 19.1 Å². The molecule has 2 N–H and O–H groups in total. The molecule has 2 aromatic carbocycles. The summed E-state index contributed by atoms with van der Waals surface area (Å²) in [5.74, 6) is 0.192. The number of sulfonamides is 1. The molecule has 0 saturated carbocycles. The number of carbonyl (C=O) groups excluding carboxylic acids is 1. The van der Waals surface area contributed by atoms with Crippen molar-refractivity contribution >= 4 is 39.5 Å². The molecule has 3 rings (SSSR count). The highest BCUT2D eigenvalue weighted by molar-refractivity contribution is 7.92. The van der Waals surface area contributed by atoms with E-state index in [1.54, 1.807) is 43.3 Å². The summed E-state index contributed by atoms with van der Waals surface area (Å²) in [6.45, 7) is 6.97. The summed E-state index contributed by atoms with van der Waals surface area (Å²) in [6.07, 6.45) is 3.42. The number of hydrogen-bond donors (Lipinski definition) is 2. The zero-order valence-corrected chi connectivity index (χ0v) is 18.0. The Morgan fingerprint density at radius 3 is 2.23 bits per heavy atom. The Morgan fingerprint density at radius 2 is 1.63 bits per heavy atom. The van der Waals surface area contributed by atoms with Crippen LogP contribution in [0.15, 0.2) is 51.9 Å². The average Bonchev–Trinajstić information content (AvgIpc) is 2.98. The van der Waals surface area contributed by atoms with Gasteiger partial charge in [0.2, 0.25) is 5.91 Å². The molecular formula is C22H23N3O4S. The van der Waals surface area contributed by atoms with Crippen molar-refractivity contribution in [2.75, 3.05) is 10.0 Å². The lowest BCUT2D eigenvalue weighted by molar-refractivity contribution is -0.114. The molecule has 30 heavy (non-hydrogen) atoms. The zero-order chi connectivity index (χ0) is 21.9. The topological polar surface area (TPSA) is 101 Å². The SMILES string of the molecule is CC(=O)Nc1c(C)noc1/C=C\c1ccc(S(=O)(=O)Nc2cc(C)cc(C)c2)cc1. The molecule has 0 aliphatic rings. The summed E-state index contributed by atoms with van der Waals surface area (Å²) in [5.41, 5.74) is 4.34. The number of aryl methyl sites for hydroxylation is 3. The maximum Gasteiger partial charge on any atom is 0.261 e. The van der Waals surface area contributed by atoms with Gasteiger partial charge in [-0.2, -0.15) is 0 Å². The van der Waals surface area contributed by atoms with Crippen LogP contribution in [0.3, 0.4) is 0 Å². The summed E-state index contributed by atoms with van der Waals surface area (Å²) >= 11 is 0. The number of nitrogens with zero attached hydrogens (tertiary/aromatic N) is 1. The summed E-state index contributed by atoms with van der Waals surface area (Å²) in [7, 11) is -3.70. The number of amides is 1. The van der Waals surface area contributed by atoms with Gasteiger partial charge >= 0.3 is 0 Å². The van der Waals surface area contributed by atoms with Gasteiger partial charge in [0.1, 0.15) is 11.4 Å². The molecule has 0 aliphatic carbocycles. The number of nitrogens with one attached hydrogen (secondary N) is 2. The van der Waals surface area contributed by atoms with Crippen LogP contribution in [0, 0.1) is 20.8 Å². The minimum absolute atomic E-state index is 0.160. The average molecular weight is 426 g/mol. The highest BCUT2D eigenvalue weighted by atomic mass is 32.2. The molecule has 7 nitrogen and oxygen atoms in total. The molecule has 0 aliphatic heterocycles. The van der Waals surface area contributed by atoms with Crippen LogP contribution in [-0.2, 0) is 14.8 Å². The van der Waals surface area contributed by atoms with Gasteiger partial charge in [-0.3, -0.25) is 9.52 Å². The number of hydrogen-bond acceptors (Lipinski definition) is 5. The second-order valence-electron chi connectivity index (χ2n) is 7.07. The van der Waals surface area contributed by atoms with Crippen molar-refractivity contribution < 1.29 is 17.7 Å². The monoisotopic (exact) mass is 425 g/mol. The Hall–Kier alpha value is -3.39. The summed E-state index contributed by atoms with van der Waals surface area (Å²) in [5, 5.41) is 6.54. The van der Waals surface area contributed by atoms with Crippen LogP contribution < -0.4 is 10.0 Å². The lowest BCUT2D eigenvalue weighted by atomic mass is 10.1. The molecule has 0 spiro atoms. The molecule has 0 bridgehead atoms. The van der Waals surface area contributed by atoms with Crippen molar-refractivity contribution in [3.63, 3.8) is 0 Å². The minimum atomic E-state index is -3.70. The molecule has 1 aromatic heterocycles. The van der Waals surface area contributed by atoms with Gasteiger partial charge in [-0.1, -0.05) is 29.4 Å². The number of aromatic nitrogens is 1. The second kappa shape index (κ2) is 8.54. The first-order valence-electron chi connectivity index (χ1n) is 9.27. The standard InChI is InChI=1S/C22H23N3O4S/c1-14-11-15(2)13-19(12-14)25-30(27,28)20-8-5-18(6-9-20)7-10-21-22(23-17(4)26)16(3)24-29-21/h5-13,25H,1-4H3,(H,23,26)/b10-7-. The van der Waals surface area contributed by atoms with Gasteiger partial charge in [-0.15, -0.1) is 0 Å². The van der Waals surface area contributed by atoms with E-state index in [-0.39, 0.29) is 10.8 Å². The van der Waals surface area contributed by atoms with Gasteiger partial charge in [-0.25, -0.2) is 8.42 Å². The molecule has 0 radical (unpaired) electrons. The van der Waals surface area contributed by atoms with Crippen molar-refractivity contribution in [3.05, 3.63) is 70.6 Å². The van der Waals surface area contributed by atoms with Gasteiger partial charge in [0.25, 0.3) is 10.0 Å². The van der Waals surface area contributed by atoms with Crippen LogP contribution in [0.2, 0.25) is 0 Å². The summed E-state index contributed by atoms with van der Waals surface area (Å²) in [6, 6.07) is 12.0. The molecule has 1 amide bonds. The molecule has 0 unspecified atom stereocenters. The highest BCUT2D eigenvalue weighted by Gasteiger charge is 2.15. The van der Waals surface area contributed by atoms with Crippen molar-refractivity contribution in [3.8, 4) is 0 Å². The van der Waals surface area contributed by atoms with E-state index >= 15 is 0 Å². The van der Waals surface area contributed by atoms with Crippen LogP contribution in [0.5, 0.6) is 0 Å². The number of benzene rings is 2. The van der Waals surface area contributed by atoms with Gasteiger partial charge in [0.05, 0.1) is 4.90 Å². The van der Waals surface area contributed by atoms with Crippen LogP contribution in [0.1, 0.15) is 35.1 Å². The molecule has 1 heterocycles. The first-order chi connectivity index (χ1) is 14.1. The van der Waals surface area contributed by atoms with Crippen molar-refractivity contribution in [1.82, 2.24) is 5.16 Å². The summed E-state index contributed by atoms with van der Waals surface area (Å²) < 4.78 is 33.2. The first-order valence-corrected chi connectivity index (χ1v) is 10.8. The molecule has 0 saturated heterocycles. The quantitative estimate of drug-likeness (QED) is 0.604. The van der Waals surface area contributed by atoms with Gasteiger partial charge < -0.3 is 9.84 Å². The summed E-state index contributed by atoms with van der Waals surface area (Å²) in [4.78, 5) is 11.5. The Kier molecular flexibility index (Phi) is 6.07. The fraction of sp³-hybridized carbons (Fsp3) is 0.182. The smallest absolute Gasteiger partial charge is 0.261 e. The predicted octanol–water partition coefficient (Wildman–Crippen LogP) is 4.53. The molecular weight excluding hydrogens is 402 g/mol. The molecule has 0 fully saturated rings. The molecule has 3 aromatic rings. The lowest BCUT2D eigenvalue weighted by Crippen LogP contribution is -2.13. The van der Waals surface area contributed by atoms with E-state index < -0.39 is 10.0 Å². The largest absolute Gasteiger partial charge is 0.354 e. The fourth-order valence-corrected chi connectivity index (χ4v) is 4.05. The number of anilines is 2. The molecule has 8 heteroatoms. The third kappa shape index (κ3) is 5.15. The van der Waals surface area contributed by atoms with E-state index in [2.05, 4.69) is 15.2 Å². The molecule has 0 atom stereocenters. The van der Waals surface area contributed by atoms with Crippen LogP contribution in [0.4, 0.5) is 11.4 Å². The van der Waals surface area contributed by atoms with E-state index in [0.717, 1.165) is 16.7 Å². The first kappa shape index (κ1) is 21.3. The number of rotatable bonds is 6. The molecule has 156 valence electrons. The minimum Gasteiger partial charge on any atom is -0.354 e. The van der Waals surface area contributed by atoms with Crippen LogP contribution >= 0.6 is 0 Å². The Bertz CT molecular complexity index is 1190. The van der Waals surface area contributed by atoms with Gasteiger partial charge in [0.15, 0.2) is 5.76 Å². The Labute approximate surface area is 175 Å². The fourth-order valence-electron chi connectivity index (χ4n) is 3.01. The lowest BCUT2D eigenvalue weighted by Gasteiger charge is -2.10.